The molecule has 0 aliphatic heterocycles. The summed E-state index contributed by atoms with van der Waals surface area (Å²) in [5.74, 6) is 0. The summed E-state index contributed by atoms with van der Waals surface area (Å²) >= 11 is 10.4. The van der Waals surface area contributed by atoms with Crippen LogP contribution in [0.2, 0.25) is 0 Å². The molecular formula is C19H24N6S2. The fraction of sp³-hybridized carbons (Fsp3) is 0.263. The van der Waals surface area contributed by atoms with E-state index in [2.05, 4.69) is 49.9 Å². The lowest BCUT2D eigenvalue weighted by Gasteiger charge is -2.12. The smallest absolute Gasteiger partial charge is 0.186 e. The first kappa shape index (κ1) is 20.7. The number of fused-ring (bicyclic) bond motifs is 1. The van der Waals surface area contributed by atoms with Crippen molar-refractivity contribution in [1.29, 1.82) is 0 Å². The molecule has 2 aromatic rings. The van der Waals surface area contributed by atoms with Crippen LogP contribution in [0.5, 0.6) is 0 Å². The lowest BCUT2D eigenvalue weighted by atomic mass is 9.99. The Hall–Kier alpha value is -2.58. The topological polar surface area (TPSA) is 72.8 Å². The Bertz CT molecular complexity index is 870. The van der Waals surface area contributed by atoms with Gasteiger partial charge < -0.3 is 10.6 Å². The molecule has 2 aromatic carbocycles. The molecule has 8 heteroatoms. The first-order valence-electron chi connectivity index (χ1n) is 8.75. The van der Waals surface area contributed by atoms with E-state index in [1.165, 1.54) is 0 Å². The normalized spacial score (nSPS) is 11.8. The lowest BCUT2D eigenvalue weighted by molar-refractivity contribution is 0.897. The molecule has 0 fully saturated rings. The number of benzene rings is 2. The monoisotopic (exact) mass is 400 g/mol. The first-order valence-corrected chi connectivity index (χ1v) is 9.56. The number of hydrogen-bond acceptors (Lipinski definition) is 4. The van der Waals surface area contributed by atoms with Crippen molar-refractivity contribution in [2.45, 2.75) is 20.8 Å². The van der Waals surface area contributed by atoms with Gasteiger partial charge in [-0.05, 0) is 56.0 Å². The van der Waals surface area contributed by atoms with Crippen LogP contribution in [0.4, 0.5) is 0 Å². The summed E-state index contributed by atoms with van der Waals surface area (Å²) in [5.41, 5.74) is 8.05. The molecule has 4 N–H and O–H groups in total. The van der Waals surface area contributed by atoms with Crippen molar-refractivity contribution >= 4 is 56.9 Å². The SMILES string of the molecule is CCNC(=S)NN=C(C)C(=NNC(=S)NCC)c1cccc2ccccc12. The molecule has 0 saturated carbocycles. The van der Waals surface area contributed by atoms with E-state index >= 15 is 0 Å². The molecule has 0 radical (unpaired) electrons. The Morgan fingerprint density at radius 2 is 1.44 bits per heavy atom. The second-order valence-electron chi connectivity index (χ2n) is 5.63. The molecule has 2 rings (SSSR count). The van der Waals surface area contributed by atoms with Crippen molar-refractivity contribution in [2.24, 2.45) is 10.2 Å². The van der Waals surface area contributed by atoms with Gasteiger partial charge >= 0.3 is 0 Å². The van der Waals surface area contributed by atoms with E-state index in [-0.39, 0.29) is 0 Å². The zero-order valence-corrected chi connectivity index (χ0v) is 17.3. The van der Waals surface area contributed by atoms with Crippen LogP contribution >= 0.6 is 24.4 Å². The highest BCUT2D eigenvalue weighted by Gasteiger charge is 2.12. The van der Waals surface area contributed by atoms with Crippen LogP contribution in [0.15, 0.2) is 52.7 Å². The van der Waals surface area contributed by atoms with Gasteiger partial charge in [-0.2, -0.15) is 10.2 Å². The summed E-state index contributed by atoms with van der Waals surface area (Å²) in [7, 11) is 0. The van der Waals surface area contributed by atoms with Crippen LogP contribution in [-0.2, 0) is 0 Å². The Labute approximate surface area is 170 Å². The molecule has 0 aromatic heterocycles. The van der Waals surface area contributed by atoms with Crippen molar-refractivity contribution in [2.75, 3.05) is 13.1 Å². The lowest BCUT2D eigenvalue weighted by Crippen LogP contribution is -2.34. The van der Waals surface area contributed by atoms with Gasteiger partial charge in [0.05, 0.1) is 5.71 Å². The Morgan fingerprint density at radius 3 is 2.11 bits per heavy atom. The summed E-state index contributed by atoms with van der Waals surface area (Å²) in [4.78, 5) is 0. The molecule has 0 amide bonds. The Morgan fingerprint density at radius 1 is 0.852 bits per heavy atom. The molecule has 142 valence electrons. The molecule has 0 heterocycles. The molecule has 0 spiro atoms. The van der Waals surface area contributed by atoms with Gasteiger partial charge in [0.2, 0.25) is 0 Å². The second kappa shape index (κ2) is 10.5. The number of nitrogens with one attached hydrogen (secondary N) is 4. The van der Waals surface area contributed by atoms with E-state index < -0.39 is 0 Å². The van der Waals surface area contributed by atoms with Crippen molar-refractivity contribution in [1.82, 2.24) is 21.5 Å². The quantitative estimate of drug-likeness (QED) is 0.340. The third kappa shape index (κ3) is 5.97. The molecule has 0 aliphatic carbocycles. The fourth-order valence-corrected chi connectivity index (χ4v) is 2.84. The van der Waals surface area contributed by atoms with Crippen molar-refractivity contribution < 1.29 is 0 Å². The van der Waals surface area contributed by atoms with Gasteiger partial charge in [-0.3, -0.25) is 10.9 Å². The summed E-state index contributed by atoms with van der Waals surface area (Å²) in [5, 5.41) is 18.0. The molecule has 6 nitrogen and oxygen atoms in total. The maximum absolute atomic E-state index is 5.23. The Kier molecular flexibility index (Phi) is 8.09. The van der Waals surface area contributed by atoms with E-state index in [1.54, 1.807) is 0 Å². The standard InChI is InChI=1S/C19H24N6S2/c1-4-20-18(26)24-22-13(3)17(23-25-19(27)21-5-2)16-12-8-10-14-9-6-7-11-15(14)16/h6-12H,4-5H2,1-3H3,(H2,20,24,26)(H2,21,25,27). The Balaban J connectivity index is 2.43. The number of hydrogen-bond donors (Lipinski definition) is 4. The van der Waals surface area contributed by atoms with Gasteiger partial charge in [-0.25, -0.2) is 0 Å². The van der Waals surface area contributed by atoms with Gasteiger partial charge in [-0.1, -0.05) is 42.5 Å². The highest BCUT2D eigenvalue weighted by atomic mass is 32.1. The van der Waals surface area contributed by atoms with E-state index in [0.29, 0.717) is 21.6 Å². The van der Waals surface area contributed by atoms with Gasteiger partial charge in [0, 0.05) is 18.7 Å². The van der Waals surface area contributed by atoms with Crippen LogP contribution in [0.25, 0.3) is 10.8 Å². The molecule has 0 unspecified atom stereocenters. The van der Waals surface area contributed by atoms with Crippen molar-refractivity contribution in [3.63, 3.8) is 0 Å². The largest absolute Gasteiger partial charge is 0.362 e. The second-order valence-corrected chi connectivity index (χ2v) is 6.44. The summed E-state index contributed by atoms with van der Waals surface area (Å²) < 4.78 is 0. The number of hydrazone groups is 2. The zero-order valence-electron chi connectivity index (χ0n) is 15.7. The maximum Gasteiger partial charge on any atom is 0.186 e. The third-order valence-corrected chi connectivity index (χ3v) is 4.13. The van der Waals surface area contributed by atoms with Gasteiger partial charge in [0.1, 0.15) is 5.71 Å². The maximum atomic E-state index is 5.23. The van der Waals surface area contributed by atoms with Crippen molar-refractivity contribution in [3.05, 3.63) is 48.0 Å². The molecule has 27 heavy (non-hydrogen) atoms. The van der Waals surface area contributed by atoms with Crippen LogP contribution in [0.1, 0.15) is 26.3 Å². The first-order chi connectivity index (χ1) is 13.1. The van der Waals surface area contributed by atoms with Crippen LogP contribution in [-0.4, -0.2) is 34.7 Å². The average molecular weight is 401 g/mol. The number of thiocarbonyl (C=S) groups is 2. The van der Waals surface area contributed by atoms with Crippen LogP contribution in [0, 0.1) is 0 Å². The molecule has 0 bridgehead atoms. The molecule has 0 atom stereocenters. The van der Waals surface area contributed by atoms with Crippen LogP contribution in [0.3, 0.4) is 0 Å². The van der Waals surface area contributed by atoms with Crippen molar-refractivity contribution in [3.8, 4) is 0 Å². The highest BCUT2D eigenvalue weighted by molar-refractivity contribution is 7.80. The van der Waals surface area contributed by atoms with Crippen LogP contribution < -0.4 is 21.5 Å². The predicted molar refractivity (Wildman–Crippen MR) is 122 cm³/mol. The highest BCUT2D eigenvalue weighted by Crippen LogP contribution is 2.19. The average Bonchev–Trinajstić information content (AvgIpc) is 2.67. The minimum absolute atomic E-state index is 0.458. The predicted octanol–water partition coefficient (Wildman–Crippen LogP) is 2.89. The van der Waals surface area contributed by atoms with E-state index in [4.69, 9.17) is 24.4 Å². The van der Waals surface area contributed by atoms with E-state index in [0.717, 1.165) is 29.4 Å². The van der Waals surface area contributed by atoms with Gasteiger partial charge in [0.25, 0.3) is 0 Å². The van der Waals surface area contributed by atoms with Gasteiger partial charge in [-0.15, -0.1) is 0 Å². The molecule has 0 aliphatic rings. The van der Waals surface area contributed by atoms with Gasteiger partial charge in [0.15, 0.2) is 10.2 Å². The number of rotatable bonds is 6. The van der Waals surface area contributed by atoms with E-state index in [1.807, 2.05) is 45.0 Å². The summed E-state index contributed by atoms with van der Waals surface area (Å²) in [6.45, 7) is 7.26. The minimum atomic E-state index is 0.458. The zero-order chi connectivity index (χ0) is 19.6. The molecular weight excluding hydrogens is 376 g/mol. The fourth-order valence-electron chi connectivity index (χ4n) is 2.46. The number of nitrogens with zero attached hydrogens (tertiary/aromatic N) is 2. The van der Waals surface area contributed by atoms with E-state index in [9.17, 15) is 0 Å². The summed E-state index contributed by atoms with van der Waals surface area (Å²) in [6.07, 6.45) is 0. The summed E-state index contributed by atoms with van der Waals surface area (Å²) in [6, 6.07) is 14.2. The minimum Gasteiger partial charge on any atom is -0.362 e. The third-order valence-electron chi connectivity index (χ3n) is 3.66. The molecule has 0 saturated heterocycles.